The van der Waals surface area contributed by atoms with Gasteiger partial charge in [-0.25, -0.2) is 4.79 Å². The summed E-state index contributed by atoms with van der Waals surface area (Å²) in [7, 11) is 0. The largest absolute Gasteiger partial charge is 0.477 e. The SMILES string of the molecule is CC1=CC[C@H](C(=O)N(c2cc(C#CC(C)(C)C)sc2C(=O)O)C2CCC(O)(CO[C@H]3CCOC3)CC2)CC1.O. The third kappa shape index (κ3) is 8.15. The number of ether oxygens (including phenoxy) is 2. The number of rotatable bonds is 7. The van der Waals surface area contributed by atoms with Crippen LogP contribution in [0.1, 0.15) is 93.6 Å². The Morgan fingerprint density at radius 1 is 1.23 bits per heavy atom. The van der Waals surface area contributed by atoms with E-state index in [-0.39, 0.29) is 46.3 Å². The van der Waals surface area contributed by atoms with Crippen molar-refractivity contribution in [3.8, 4) is 11.8 Å². The van der Waals surface area contributed by atoms with Gasteiger partial charge in [0.25, 0.3) is 0 Å². The first-order chi connectivity index (χ1) is 17.9. The van der Waals surface area contributed by atoms with E-state index in [9.17, 15) is 19.8 Å². The Kier molecular flexibility index (Phi) is 10.4. The molecule has 1 saturated carbocycles. The van der Waals surface area contributed by atoms with Crippen LogP contribution in [0.4, 0.5) is 5.69 Å². The number of thiophene rings is 1. The van der Waals surface area contributed by atoms with Gasteiger partial charge in [-0.15, -0.1) is 11.3 Å². The zero-order chi connectivity index (χ0) is 27.5. The van der Waals surface area contributed by atoms with Crippen molar-refractivity contribution in [1.29, 1.82) is 0 Å². The molecule has 1 aromatic rings. The number of allylic oxidation sites excluding steroid dienone is 2. The molecule has 2 atom stereocenters. The molecule has 1 saturated heterocycles. The highest BCUT2D eigenvalue weighted by Gasteiger charge is 2.41. The summed E-state index contributed by atoms with van der Waals surface area (Å²) in [4.78, 5) is 28.9. The van der Waals surface area contributed by atoms with Crippen LogP contribution in [0.5, 0.6) is 0 Å². The molecule has 2 fully saturated rings. The quantitative estimate of drug-likeness (QED) is 0.371. The predicted octanol–water partition coefficient (Wildman–Crippen LogP) is 4.58. The molecule has 2 heterocycles. The molecule has 0 bridgehead atoms. The molecule has 9 heteroatoms. The summed E-state index contributed by atoms with van der Waals surface area (Å²) in [6, 6.07) is 1.58. The van der Waals surface area contributed by atoms with E-state index >= 15 is 0 Å². The number of carboxylic acid groups (broad SMARTS) is 1. The fraction of sp³-hybridized carbons (Fsp3) is 0.667. The topological polar surface area (TPSA) is 128 Å². The van der Waals surface area contributed by atoms with E-state index in [0.717, 1.165) is 30.6 Å². The maximum Gasteiger partial charge on any atom is 0.348 e. The molecular weight excluding hydrogens is 518 g/mol. The van der Waals surface area contributed by atoms with Crippen LogP contribution in [0.2, 0.25) is 0 Å². The first-order valence-electron chi connectivity index (χ1n) is 13.7. The van der Waals surface area contributed by atoms with Gasteiger partial charge in [0.05, 0.1) is 35.5 Å². The molecule has 0 unspecified atom stereocenters. The Labute approximate surface area is 235 Å². The van der Waals surface area contributed by atoms with E-state index in [0.29, 0.717) is 55.9 Å². The predicted molar refractivity (Wildman–Crippen MR) is 152 cm³/mol. The minimum absolute atomic E-state index is 0. The van der Waals surface area contributed by atoms with Crippen LogP contribution < -0.4 is 4.90 Å². The summed E-state index contributed by atoms with van der Waals surface area (Å²) in [5, 5.41) is 21.3. The number of hydrogen-bond donors (Lipinski definition) is 2. The maximum absolute atomic E-state index is 14.0. The summed E-state index contributed by atoms with van der Waals surface area (Å²) >= 11 is 1.13. The van der Waals surface area contributed by atoms with Gasteiger partial charge in [-0.2, -0.15) is 0 Å². The number of carboxylic acids is 1. The lowest BCUT2D eigenvalue weighted by atomic mass is 9.81. The highest BCUT2D eigenvalue weighted by molar-refractivity contribution is 7.15. The normalized spacial score (nSPS) is 27.1. The van der Waals surface area contributed by atoms with Crippen LogP contribution >= 0.6 is 11.3 Å². The van der Waals surface area contributed by atoms with Crippen LogP contribution in [0.3, 0.4) is 0 Å². The summed E-state index contributed by atoms with van der Waals surface area (Å²) in [6.07, 6.45) is 7.41. The Bertz CT molecular complexity index is 1110. The minimum atomic E-state index is -1.05. The smallest absolute Gasteiger partial charge is 0.348 e. The van der Waals surface area contributed by atoms with Gasteiger partial charge in [0.15, 0.2) is 0 Å². The average molecular weight is 562 g/mol. The molecule has 1 amide bonds. The van der Waals surface area contributed by atoms with Gasteiger partial charge in [0.1, 0.15) is 4.88 Å². The summed E-state index contributed by atoms with van der Waals surface area (Å²) < 4.78 is 11.3. The number of carbonyl (C=O) groups excluding carboxylic acids is 1. The van der Waals surface area contributed by atoms with E-state index < -0.39 is 11.6 Å². The lowest BCUT2D eigenvalue weighted by Gasteiger charge is -2.42. The highest BCUT2D eigenvalue weighted by Crippen LogP contribution is 2.40. The Hall–Kier alpha value is -2.22. The van der Waals surface area contributed by atoms with Crippen molar-refractivity contribution in [2.75, 3.05) is 24.7 Å². The lowest BCUT2D eigenvalue weighted by molar-refractivity contribution is -0.124. The molecule has 2 aliphatic carbocycles. The van der Waals surface area contributed by atoms with Gasteiger partial charge >= 0.3 is 5.97 Å². The van der Waals surface area contributed by atoms with E-state index in [1.165, 1.54) is 5.57 Å². The fourth-order valence-electron chi connectivity index (χ4n) is 5.37. The van der Waals surface area contributed by atoms with Gasteiger partial charge in [-0.3, -0.25) is 4.79 Å². The minimum Gasteiger partial charge on any atom is -0.477 e. The molecule has 3 aliphatic rings. The number of amides is 1. The molecule has 8 nitrogen and oxygen atoms in total. The number of hydrogen-bond acceptors (Lipinski definition) is 6. The molecule has 0 radical (unpaired) electrons. The lowest BCUT2D eigenvalue weighted by Crippen LogP contribution is -2.50. The Balaban J connectivity index is 0.00000420. The summed E-state index contributed by atoms with van der Waals surface area (Å²) in [5.41, 5.74) is 0.548. The van der Waals surface area contributed by atoms with Crippen molar-refractivity contribution in [1.82, 2.24) is 0 Å². The Morgan fingerprint density at radius 2 is 1.95 bits per heavy atom. The summed E-state index contributed by atoms with van der Waals surface area (Å²) in [6.45, 7) is 9.61. The van der Waals surface area contributed by atoms with Crippen LogP contribution in [0.15, 0.2) is 17.7 Å². The summed E-state index contributed by atoms with van der Waals surface area (Å²) in [5.74, 6) is 5.05. The number of aliphatic hydroxyl groups is 1. The van der Waals surface area contributed by atoms with Crippen molar-refractivity contribution in [3.05, 3.63) is 27.5 Å². The van der Waals surface area contributed by atoms with Crippen LogP contribution in [0, 0.1) is 23.2 Å². The van der Waals surface area contributed by atoms with Crippen LogP contribution in [-0.4, -0.2) is 65.1 Å². The average Bonchev–Trinajstić information content (AvgIpc) is 3.53. The number of carbonyl (C=O) groups is 2. The van der Waals surface area contributed by atoms with Crippen molar-refractivity contribution in [2.45, 2.75) is 96.8 Å². The molecular formula is C30H43NO7S. The molecule has 4 N–H and O–H groups in total. The third-order valence-electron chi connectivity index (χ3n) is 7.68. The highest BCUT2D eigenvalue weighted by atomic mass is 32.1. The van der Waals surface area contributed by atoms with E-state index in [2.05, 4.69) is 24.8 Å². The van der Waals surface area contributed by atoms with Crippen molar-refractivity contribution >= 4 is 28.9 Å². The van der Waals surface area contributed by atoms with E-state index in [1.54, 1.807) is 11.0 Å². The molecule has 4 rings (SSSR count). The number of anilines is 1. The molecule has 0 spiro atoms. The molecule has 0 aromatic carbocycles. The fourth-order valence-corrected chi connectivity index (χ4v) is 6.21. The molecule has 1 aliphatic heterocycles. The van der Waals surface area contributed by atoms with Gasteiger partial charge in [-0.1, -0.05) is 23.5 Å². The van der Waals surface area contributed by atoms with Crippen LogP contribution in [-0.2, 0) is 14.3 Å². The van der Waals surface area contributed by atoms with Gasteiger partial charge in [-0.05, 0) is 85.1 Å². The van der Waals surface area contributed by atoms with E-state index in [1.807, 2.05) is 20.8 Å². The molecule has 216 valence electrons. The van der Waals surface area contributed by atoms with Crippen molar-refractivity contribution in [3.63, 3.8) is 0 Å². The second-order valence-corrected chi connectivity index (χ2v) is 13.2. The maximum atomic E-state index is 14.0. The molecule has 1 aromatic heterocycles. The second kappa shape index (κ2) is 13.0. The first kappa shape index (κ1) is 31.3. The zero-order valence-electron chi connectivity index (χ0n) is 23.5. The zero-order valence-corrected chi connectivity index (χ0v) is 24.4. The molecule has 39 heavy (non-hydrogen) atoms. The second-order valence-electron chi connectivity index (χ2n) is 12.1. The first-order valence-corrected chi connectivity index (χ1v) is 14.6. The number of aromatic carboxylic acids is 1. The van der Waals surface area contributed by atoms with Crippen LogP contribution in [0.25, 0.3) is 0 Å². The standard InChI is InChI=1S/C30H41NO6S.H2O/c1-20-5-7-21(8-6-20)27(32)31(25-17-24(11-13-29(2,3)4)38-26(25)28(33)34)22-9-14-30(35,15-10-22)19-37-23-12-16-36-18-23;/h5,17,21-23,35H,6-10,12,14-16,18-19H2,1-4H3,(H,33,34);1H2/t21-,22?,23-,30?;/m0./s1. The van der Waals surface area contributed by atoms with E-state index in [4.69, 9.17) is 9.47 Å². The van der Waals surface area contributed by atoms with Crippen molar-refractivity contribution in [2.24, 2.45) is 11.3 Å². The van der Waals surface area contributed by atoms with Gasteiger partial charge in [0.2, 0.25) is 5.91 Å². The Morgan fingerprint density at radius 3 is 2.51 bits per heavy atom. The van der Waals surface area contributed by atoms with Gasteiger partial charge < -0.3 is 30.1 Å². The number of nitrogens with zero attached hydrogens (tertiary/aromatic N) is 1. The monoisotopic (exact) mass is 561 g/mol. The third-order valence-corrected chi connectivity index (χ3v) is 8.71. The van der Waals surface area contributed by atoms with Crippen molar-refractivity contribution < 1.29 is 34.8 Å². The van der Waals surface area contributed by atoms with Gasteiger partial charge in [0, 0.05) is 24.0 Å².